The molecule has 0 aliphatic carbocycles. The van der Waals surface area contributed by atoms with Crippen molar-refractivity contribution in [3.8, 4) is 0 Å². The lowest BCUT2D eigenvalue weighted by Crippen LogP contribution is -2.38. The quantitative estimate of drug-likeness (QED) is 0.589. The third kappa shape index (κ3) is 5.26. The van der Waals surface area contributed by atoms with Crippen molar-refractivity contribution in [2.75, 3.05) is 18.4 Å². The van der Waals surface area contributed by atoms with Crippen LogP contribution in [-0.2, 0) is 17.9 Å². The number of carbonyl (C=O) groups excluding carboxylic acids is 1. The first kappa shape index (κ1) is 20.6. The molecule has 1 amide bonds. The molecule has 1 fully saturated rings. The molecule has 0 radical (unpaired) electrons. The van der Waals surface area contributed by atoms with Gasteiger partial charge in [0.05, 0.1) is 6.04 Å². The van der Waals surface area contributed by atoms with Gasteiger partial charge in [0.15, 0.2) is 0 Å². The van der Waals surface area contributed by atoms with E-state index in [1.165, 1.54) is 48.9 Å². The molecule has 2 N–H and O–H groups in total. The Morgan fingerprint density at radius 1 is 0.900 bits per heavy atom. The summed E-state index contributed by atoms with van der Waals surface area (Å²) in [6.45, 7) is 5.98. The van der Waals surface area contributed by atoms with E-state index in [1.807, 2.05) is 37.3 Å². The lowest BCUT2D eigenvalue weighted by molar-refractivity contribution is -0.117. The van der Waals surface area contributed by atoms with E-state index >= 15 is 0 Å². The number of carbonyl (C=O) groups is 1. The van der Waals surface area contributed by atoms with Crippen LogP contribution in [0.2, 0.25) is 0 Å². The molecular weight excluding hydrogens is 370 g/mol. The maximum Gasteiger partial charge on any atom is 0.241 e. The van der Waals surface area contributed by atoms with Crippen LogP contribution in [0, 0.1) is 0 Å². The largest absolute Gasteiger partial charge is 0.325 e. The fraction of sp³-hybridized carbons (Fsp3) is 0.346. The molecule has 0 saturated carbocycles. The van der Waals surface area contributed by atoms with E-state index < -0.39 is 0 Å². The molecule has 3 aromatic carbocycles. The molecule has 1 heterocycles. The normalized spacial score (nSPS) is 15.8. The Labute approximate surface area is 179 Å². The molecule has 0 aromatic heterocycles. The van der Waals surface area contributed by atoms with Gasteiger partial charge in [0, 0.05) is 18.8 Å². The van der Waals surface area contributed by atoms with Crippen molar-refractivity contribution in [1.82, 2.24) is 10.2 Å². The Morgan fingerprint density at radius 3 is 2.40 bits per heavy atom. The third-order valence-electron chi connectivity index (χ3n) is 5.97. The number of hydrogen-bond donors (Lipinski definition) is 2. The topological polar surface area (TPSA) is 44.4 Å². The smallest absolute Gasteiger partial charge is 0.241 e. The van der Waals surface area contributed by atoms with E-state index in [2.05, 4.69) is 51.9 Å². The van der Waals surface area contributed by atoms with E-state index in [4.69, 9.17) is 0 Å². The average Bonchev–Trinajstić information content (AvgIpc) is 2.79. The third-order valence-corrected chi connectivity index (χ3v) is 5.97. The summed E-state index contributed by atoms with van der Waals surface area (Å²) < 4.78 is 0. The zero-order valence-electron chi connectivity index (χ0n) is 17.7. The number of anilines is 1. The molecule has 1 aliphatic heterocycles. The highest BCUT2D eigenvalue weighted by Crippen LogP contribution is 2.19. The van der Waals surface area contributed by atoms with Gasteiger partial charge in [-0.1, -0.05) is 61.0 Å². The van der Waals surface area contributed by atoms with Crippen molar-refractivity contribution in [2.24, 2.45) is 0 Å². The maximum atomic E-state index is 12.7. The maximum absolute atomic E-state index is 12.7. The summed E-state index contributed by atoms with van der Waals surface area (Å²) in [6.07, 6.45) is 3.95. The second-order valence-corrected chi connectivity index (χ2v) is 8.26. The van der Waals surface area contributed by atoms with Crippen molar-refractivity contribution in [1.29, 1.82) is 0 Å². The van der Waals surface area contributed by atoms with E-state index in [1.54, 1.807) is 0 Å². The van der Waals surface area contributed by atoms with Gasteiger partial charge in [0.1, 0.15) is 0 Å². The molecule has 1 aliphatic rings. The lowest BCUT2D eigenvalue weighted by Gasteiger charge is -2.27. The lowest BCUT2D eigenvalue weighted by atomic mass is 10.0. The number of nitrogens with one attached hydrogen (secondary N) is 2. The standard InChI is InChI=1S/C26H31N3O/c1-20(26(30)28-25-14-13-21-9-3-4-10-22(21)17-25)27-18-23-11-5-6-12-24(23)19-29-15-7-2-8-16-29/h3-6,9-14,17,20,27H,2,7-8,15-16,18-19H2,1H3,(H,28,30)/t20-/m0/s1. The highest BCUT2D eigenvalue weighted by Gasteiger charge is 2.15. The number of benzene rings is 3. The van der Waals surface area contributed by atoms with Gasteiger partial charge in [-0.2, -0.15) is 0 Å². The summed E-state index contributed by atoms with van der Waals surface area (Å²) in [5.74, 6) is -0.0150. The van der Waals surface area contributed by atoms with Gasteiger partial charge in [-0.15, -0.1) is 0 Å². The highest BCUT2D eigenvalue weighted by atomic mass is 16.2. The summed E-state index contributed by atoms with van der Waals surface area (Å²) in [5.41, 5.74) is 3.46. The van der Waals surface area contributed by atoms with Crippen LogP contribution in [0.5, 0.6) is 0 Å². The van der Waals surface area contributed by atoms with Crippen LogP contribution < -0.4 is 10.6 Å². The molecule has 0 bridgehead atoms. The molecule has 0 spiro atoms. The predicted octanol–water partition coefficient (Wildman–Crippen LogP) is 4.94. The first-order valence-corrected chi connectivity index (χ1v) is 11.0. The predicted molar refractivity (Wildman–Crippen MR) is 124 cm³/mol. The van der Waals surface area contributed by atoms with Gasteiger partial charge >= 0.3 is 0 Å². The van der Waals surface area contributed by atoms with E-state index in [9.17, 15) is 4.79 Å². The number of rotatable bonds is 7. The Hall–Kier alpha value is -2.69. The molecule has 4 rings (SSSR count). The van der Waals surface area contributed by atoms with E-state index in [0.29, 0.717) is 6.54 Å². The van der Waals surface area contributed by atoms with Gasteiger partial charge in [0.25, 0.3) is 0 Å². The fourth-order valence-electron chi connectivity index (χ4n) is 4.12. The van der Waals surface area contributed by atoms with Gasteiger partial charge in [0.2, 0.25) is 5.91 Å². The van der Waals surface area contributed by atoms with Gasteiger partial charge in [-0.3, -0.25) is 9.69 Å². The van der Waals surface area contributed by atoms with Crippen molar-refractivity contribution < 1.29 is 4.79 Å². The number of amides is 1. The Morgan fingerprint density at radius 2 is 1.60 bits per heavy atom. The second-order valence-electron chi connectivity index (χ2n) is 8.26. The van der Waals surface area contributed by atoms with E-state index in [-0.39, 0.29) is 11.9 Å². The summed E-state index contributed by atoms with van der Waals surface area (Å²) in [7, 11) is 0. The molecular formula is C26H31N3O. The van der Waals surface area contributed by atoms with Gasteiger partial charge in [-0.05, 0) is 66.9 Å². The van der Waals surface area contributed by atoms with E-state index in [0.717, 1.165) is 17.6 Å². The fourth-order valence-corrected chi connectivity index (χ4v) is 4.12. The summed E-state index contributed by atoms with van der Waals surface area (Å²) in [4.78, 5) is 15.2. The molecule has 156 valence electrons. The van der Waals surface area contributed by atoms with Crippen molar-refractivity contribution in [3.63, 3.8) is 0 Å². The molecule has 0 unspecified atom stereocenters. The monoisotopic (exact) mass is 401 g/mol. The number of likely N-dealkylation sites (tertiary alicyclic amines) is 1. The molecule has 4 heteroatoms. The minimum absolute atomic E-state index is 0.0150. The molecule has 1 atom stereocenters. The average molecular weight is 402 g/mol. The second kappa shape index (κ2) is 9.88. The molecule has 3 aromatic rings. The van der Waals surface area contributed by atoms with Crippen molar-refractivity contribution in [3.05, 3.63) is 77.9 Å². The minimum Gasteiger partial charge on any atom is -0.325 e. The van der Waals surface area contributed by atoms with Crippen molar-refractivity contribution >= 4 is 22.4 Å². The van der Waals surface area contributed by atoms with Crippen LogP contribution in [0.25, 0.3) is 10.8 Å². The van der Waals surface area contributed by atoms with Crippen LogP contribution >= 0.6 is 0 Å². The molecule has 4 nitrogen and oxygen atoms in total. The van der Waals surface area contributed by atoms with Crippen molar-refractivity contribution in [2.45, 2.75) is 45.3 Å². The Bertz CT molecular complexity index is 994. The first-order valence-electron chi connectivity index (χ1n) is 11.0. The van der Waals surface area contributed by atoms with Crippen LogP contribution in [-0.4, -0.2) is 29.9 Å². The first-order chi connectivity index (χ1) is 14.7. The number of fused-ring (bicyclic) bond motifs is 1. The van der Waals surface area contributed by atoms with Crippen LogP contribution in [0.1, 0.15) is 37.3 Å². The summed E-state index contributed by atoms with van der Waals surface area (Å²) >= 11 is 0. The number of hydrogen-bond acceptors (Lipinski definition) is 3. The summed E-state index contributed by atoms with van der Waals surface area (Å²) in [5, 5.41) is 8.74. The minimum atomic E-state index is -0.278. The number of nitrogens with zero attached hydrogens (tertiary/aromatic N) is 1. The van der Waals surface area contributed by atoms with Crippen LogP contribution in [0.15, 0.2) is 66.7 Å². The number of piperidine rings is 1. The molecule has 1 saturated heterocycles. The zero-order chi connectivity index (χ0) is 20.8. The van der Waals surface area contributed by atoms with Crippen LogP contribution in [0.3, 0.4) is 0 Å². The highest BCUT2D eigenvalue weighted by molar-refractivity contribution is 5.97. The zero-order valence-corrected chi connectivity index (χ0v) is 17.7. The van der Waals surface area contributed by atoms with Gasteiger partial charge < -0.3 is 10.6 Å². The van der Waals surface area contributed by atoms with Crippen LogP contribution in [0.4, 0.5) is 5.69 Å². The summed E-state index contributed by atoms with van der Waals surface area (Å²) in [6, 6.07) is 22.5. The Kier molecular flexibility index (Phi) is 6.77. The Balaban J connectivity index is 1.34. The van der Waals surface area contributed by atoms with Gasteiger partial charge in [-0.25, -0.2) is 0 Å². The molecule has 30 heavy (non-hydrogen) atoms. The SMILES string of the molecule is C[C@H](NCc1ccccc1CN1CCCCC1)C(=O)Nc1ccc2ccccc2c1.